The van der Waals surface area contributed by atoms with Crippen LogP contribution in [-0.4, -0.2) is 23.7 Å². The van der Waals surface area contributed by atoms with E-state index in [1.807, 2.05) is 12.1 Å². The fraction of sp³-hybridized carbons (Fsp3) is 0.300. The van der Waals surface area contributed by atoms with Gasteiger partial charge in [-0.05, 0) is 24.3 Å². The van der Waals surface area contributed by atoms with Gasteiger partial charge in [0.2, 0.25) is 0 Å². The molecule has 1 aromatic carbocycles. The third kappa shape index (κ3) is 4.31. The van der Waals surface area contributed by atoms with Crippen molar-refractivity contribution in [3.05, 3.63) is 28.7 Å². The number of halogens is 1. The lowest BCUT2D eigenvalue weighted by Crippen LogP contribution is -2.31. The maximum Gasteiger partial charge on any atom is 0.320 e. The van der Waals surface area contributed by atoms with Crippen LogP contribution < -0.4 is 10.5 Å². The monoisotopic (exact) mass is 273 g/mol. The number of aliphatic carboxylic acids is 1. The predicted molar refractivity (Wildman–Crippen MR) is 59.9 cm³/mol. The lowest BCUT2D eigenvalue weighted by Gasteiger charge is -2.08. The Bertz CT molecular complexity index is 326. The van der Waals surface area contributed by atoms with Crippen LogP contribution in [0.25, 0.3) is 0 Å². The van der Waals surface area contributed by atoms with Crippen LogP contribution in [0.2, 0.25) is 0 Å². The molecule has 3 N–H and O–H groups in total. The molecule has 5 heteroatoms. The minimum Gasteiger partial charge on any atom is -0.494 e. The van der Waals surface area contributed by atoms with Gasteiger partial charge in [0.15, 0.2) is 0 Å². The standard InChI is InChI=1S/C10H12BrNO3/c11-7-1-3-8(4-2-7)15-6-5-9(12)10(13)14/h1-4,9H,5-6,12H2,(H,13,14)/t9-/m1/s1. The number of carboxylic acid groups (broad SMARTS) is 1. The molecule has 0 saturated carbocycles. The third-order valence-corrected chi connectivity index (χ3v) is 2.36. The summed E-state index contributed by atoms with van der Waals surface area (Å²) < 4.78 is 6.29. The van der Waals surface area contributed by atoms with Crippen molar-refractivity contribution >= 4 is 21.9 Å². The Morgan fingerprint density at radius 2 is 2.07 bits per heavy atom. The second kappa shape index (κ2) is 5.72. The molecule has 0 amide bonds. The van der Waals surface area contributed by atoms with Crippen molar-refractivity contribution in [2.24, 2.45) is 5.73 Å². The van der Waals surface area contributed by atoms with Gasteiger partial charge >= 0.3 is 5.97 Å². The van der Waals surface area contributed by atoms with E-state index >= 15 is 0 Å². The van der Waals surface area contributed by atoms with Crippen LogP contribution in [0.15, 0.2) is 28.7 Å². The summed E-state index contributed by atoms with van der Waals surface area (Å²) in [7, 11) is 0. The van der Waals surface area contributed by atoms with Gasteiger partial charge in [-0.25, -0.2) is 0 Å². The Morgan fingerprint density at radius 3 is 2.60 bits per heavy atom. The number of nitrogens with two attached hydrogens (primary N) is 1. The fourth-order valence-corrected chi connectivity index (χ4v) is 1.22. The average molecular weight is 274 g/mol. The van der Waals surface area contributed by atoms with Gasteiger partial charge in [0, 0.05) is 10.9 Å². The SMILES string of the molecule is N[C@H](CCOc1ccc(Br)cc1)C(=O)O. The summed E-state index contributed by atoms with van der Waals surface area (Å²) in [6, 6.07) is 6.45. The molecule has 0 spiro atoms. The van der Waals surface area contributed by atoms with E-state index in [1.54, 1.807) is 12.1 Å². The van der Waals surface area contributed by atoms with Gasteiger partial charge in [0.1, 0.15) is 11.8 Å². The molecular weight excluding hydrogens is 262 g/mol. The van der Waals surface area contributed by atoms with Crippen molar-refractivity contribution in [3.8, 4) is 5.75 Å². The van der Waals surface area contributed by atoms with Crippen molar-refractivity contribution in [1.82, 2.24) is 0 Å². The molecule has 0 aliphatic rings. The topological polar surface area (TPSA) is 72.5 Å². The molecule has 0 radical (unpaired) electrons. The Labute approximate surface area is 96.2 Å². The van der Waals surface area contributed by atoms with Gasteiger partial charge in [-0.2, -0.15) is 0 Å². The lowest BCUT2D eigenvalue weighted by atomic mass is 10.2. The van der Waals surface area contributed by atoms with E-state index in [0.29, 0.717) is 18.8 Å². The van der Waals surface area contributed by atoms with E-state index in [-0.39, 0.29) is 0 Å². The summed E-state index contributed by atoms with van der Waals surface area (Å²) in [6.45, 7) is 0.301. The Kier molecular flexibility index (Phi) is 4.58. The number of carbonyl (C=O) groups is 1. The van der Waals surface area contributed by atoms with Crippen molar-refractivity contribution in [1.29, 1.82) is 0 Å². The number of rotatable bonds is 5. The second-order valence-electron chi connectivity index (χ2n) is 3.04. The first-order chi connectivity index (χ1) is 7.09. The number of hydrogen-bond donors (Lipinski definition) is 2. The summed E-state index contributed by atoms with van der Waals surface area (Å²) in [5, 5.41) is 8.53. The van der Waals surface area contributed by atoms with Gasteiger partial charge < -0.3 is 15.6 Å². The first-order valence-corrected chi connectivity index (χ1v) is 5.25. The van der Waals surface area contributed by atoms with Crippen LogP contribution in [-0.2, 0) is 4.79 Å². The number of benzene rings is 1. The maximum absolute atomic E-state index is 10.4. The van der Waals surface area contributed by atoms with E-state index in [9.17, 15) is 4.79 Å². The van der Waals surface area contributed by atoms with Crippen molar-refractivity contribution in [3.63, 3.8) is 0 Å². The second-order valence-corrected chi connectivity index (χ2v) is 3.95. The number of carboxylic acids is 1. The van der Waals surface area contributed by atoms with E-state index in [0.717, 1.165) is 4.47 Å². The summed E-state index contributed by atoms with van der Waals surface area (Å²) in [5.74, 6) is -0.301. The zero-order valence-electron chi connectivity index (χ0n) is 8.02. The first-order valence-electron chi connectivity index (χ1n) is 4.46. The van der Waals surface area contributed by atoms with E-state index in [1.165, 1.54) is 0 Å². The molecule has 0 aliphatic carbocycles. The van der Waals surface area contributed by atoms with E-state index < -0.39 is 12.0 Å². The quantitative estimate of drug-likeness (QED) is 0.856. The van der Waals surface area contributed by atoms with Crippen molar-refractivity contribution in [2.75, 3.05) is 6.61 Å². The van der Waals surface area contributed by atoms with Gasteiger partial charge in [0.05, 0.1) is 6.61 Å². The van der Waals surface area contributed by atoms with Crippen LogP contribution in [0.4, 0.5) is 0 Å². The summed E-state index contributed by atoms with van der Waals surface area (Å²) in [4.78, 5) is 10.4. The molecule has 1 rings (SSSR count). The van der Waals surface area contributed by atoms with Crippen molar-refractivity contribution in [2.45, 2.75) is 12.5 Å². The van der Waals surface area contributed by atoms with Crippen LogP contribution in [0.1, 0.15) is 6.42 Å². The van der Waals surface area contributed by atoms with Gasteiger partial charge in [-0.3, -0.25) is 4.79 Å². The highest BCUT2D eigenvalue weighted by molar-refractivity contribution is 9.10. The largest absolute Gasteiger partial charge is 0.494 e. The Balaban J connectivity index is 2.32. The molecule has 0 aromatic heterocycles. The van der Waals surface area contributed by atoms with Crippen LogP contribution in [0.5, 0.6) is 5.75 Å². The first kappa shape index (κ1) is 12.0. The van der Waals surface area contributed by atoms with Crippen LogP contribution in [0, 0.1) is 0 Å². The van der Waals surface area contributed by atoms with E-state index in [4.69, 9.17) is 15.6 Å². The minimum absolute atomic E-state index is 0.297. The highest BCUT2D eigenvalue weighted by Crippen LogP contribution is 2.16. The molecule has 82 valence electrons. The van der Waals surface area contributed by atoms with Gasteiger partial charge in [-0.1, -0.05) is 15.9 Å². The lowest BCUT2D eigenvalue weighted by molar-refractivity contribution is -0.138. The third-order valence-electron chi connectivity index (χ3n) is 1.83. The maximum atomic E-state index is 10.4. The molecule has 1 aromatic rings. The van der Waals surface area contributed by atoms with Gasteiger partial charge in [-0.15, -0.1) is 0 Å². The minimum atomic E-state index is -1.01. The van der Waals surface area contributed by atoms with Crippen LogP contribution in [0.3, 0.4) is 0 Å². The highest BCUT2D eigenvalue weighted by atomic mass is 79.9. The zero-order valence-corrected chi connectivity index (χ0v) is 9.61. The van der Waals surface area contributed by atoms with Gasteiger partial charge in [0.25, 0.3) is 0 Å². The Hall–Kier alpha value is -1.07. The predicted octanol–water partition coefficient (Wildman–Crippen LogP) is 1.63. The number of hydrogen-bond acceptors (Lipinski definition) is 3. The molecule has 0 saturated heterocycles. The molecule has 0 heterocycles. The summed E-state index contributed by atoms with van der Waals surface area (Å²) in [5.41, 5.74) is 5.32. The average Bonchev–Trinajstić information content (AvgIpc) is 2.20. The fourth-order valence-electron chi connectivity index (χ4n) is 0.958. The molecule has 1 atom stereocenters. The smallest absolute Gasteiger partial charge is 0.320 e. The molecule has 15 heavy (non-hydrogen) atoms. The molecule has 0 unspecified atom stereocenters. The molecule has 0 bridgehead atoms. The normalized spacial score (nSPS) is 12.1. The van der Waals surface area contributed by atoms with Crippen LogP contribution >= 0.6 is 15.9 Å². The van der Waals surface area contributed by atoms with Crippen molar-refractivity contribution < 1.29 is 14.6 Å². The molecule has 0 fully saturated rings. The summed E-state index contributed by atoms with van der Waals surface area (Å²) >= 11 is 3.30. The summed E-state index contributed by atoms with van der Waals surface area (Å²) in [6.07, 6.45) is 0.297. The highest BCUT2D eigenvalue weighted by Gasteiger charge is 2.10. The molecular formula is C10H12BrNO3. The Morgan fingerprint density at radius 1 is 1.47 bits per heavy atom. The zero-order chi connectivity index (χ0) is 11.3. The molecule has 4 nitrogen and oxygen atoms in total. The van der Waals surface area contributed by atoms with E-state index in [2.05, 4.69) is 15.9 Å². The number of ether oxygens (including phenoxy) is 1. The molecule has 0 aliphatic heterocycles.